The summed E-state index contributed by atoms with van der Waals surface area (Å²) in [7, 11) is 0. The minimum atomic E-state index is -0.303. The van der Waals surface area contributed by atoms with Gasteiger partial charge in [0.15, 0.2) is 10.8 Å². The highest BCUT2D eigenvalue weighted by Crippen LogP contribution is 2.22. The van der Waals surface area contributed by atoms with Gasteiger partial charge in [0.25, 0.3) is 11.5 Å². The number of anilines is 1. The molecule has 0 saturated heterocycles. The minimum Gasteiger partial charge on any atom is -0.296 e. The Morgan fingerprint density at radius 3 is 2.61 bits per heavy atom. The summed E-state index contributed by atoms with van der Waals surface area (Å²) in [4.78, 5) is 34.4. The second-order valence-corrected chi connectivity index (χ2v) is 6.47. The van der Waals surface area contributed by atoms with Crippen molar-refractivity contribution < 1.29 is 4.79 Å². The number of rotatable bonds is 3. The molecule has 8 heteroatoms. The van der Waals surface area contributed by atoms with E-state index in [1.165, 1.54) is 21.9 Å². The van der Waals surface area contributed by atoms with E-state index in [-0.39, 0.29) is 11.5 Å². The number of hydrogen-bond donors (Lipinski definition) is 1. The van der Waals surface area contributed by atoms with Crippen LogP contribution in [0, 0.1) is 20.8 Å². The molecule has 7 nitrogen and oxygen atoms in total. The van der Waals surface area contributed by atoms with Gasteiger partial charge in [0.1, 0.15) is 5.69 Å². The zero-order valence-electron chi connectivity index (χ0n) is 13.4. The summed E-state index contributed by atoms with van der Waals surface area (Å²) < 4.78 is 3.03. The van der Waals surface area contributed by atoms with Gasteiger partial charge in [-0.25, -0.2) is 9.97 Å². The molecule has 0 aromatic carbocycles. The molecule has 0 radical (unpaired) electrons. The van der Waals surface area contributed by atoms with Gasteiger partial charge in [-0.1, -0.05) is 0 Å². The molecule has 3 heterocycles. The van der Waals surface area contributed by atoms with Gasteiger partial charge < -0.3 is 0 Å². The van der Waals surface area contributed by atoms with E-state index >= 15 is 0 Å². The molecule has 120 valence electrons. The summed E-state index contributed by atoms with van der Waals surface area (Å²) >= 11 is 1.43. The van der Waals surface area contributed by atoms with Gasteiger partial charge in [0.05, 0.1) is 5.69 Å². The highest BCUT2D eigenvalue weighted by molar-refractivity contribution is 7.15. The van der Waals surface area contributed by atoms with Crippen LogP contribution in [0.15, 0.2) is 16.9 Å². The quantitative estimate of drug-likeness (QED) is 0.797. The van der Waals surface area contributed by atoms with Crippen molar-refractivity contribution in [3.8, 4) is 0 Å². The predicted octanol–water partition coefficient (Wildman–Crippen LogP) is 2.15. The van der Waals surface area contributed by atoms with Crippen LogP contribution in [-0.4, -0.2) is 25.1 Å². The average Bonchev–Trinajstić information content (AvgIpc) is 2.99. The Labute approximate surface area is 136 Å². The standard InChI is InChI=1S/C15H17N5O2S/c1-5-19-11(7-12-16-8(2)6-13(21)20(12)19)14(22)18-15-17-9(3)10(4)23-15/h6-7H,5H2,1-4H3,(H,17,18,22). The predicted molar refractivity (Wildman–Crippen MR) is 89.4 cm³/mol. The highest BCUT2D eigenvalue weighted by atomic mass is 32.1. The molecule has 1 N–H and O–H groups in total. The lowest BCUT2D eigenvalue weighted by Gasteiger charge is -2.07. The van der Waals surface area contributed by atoms with Crippen molar-refractivity contribution in [1.82, 2.24) is 19.2 Å². The number of aryl methyl sites for hydroxylation is 4. The third-order valence-corrected chi connectivity index (χ3v) is 4.60. The van der Waals surface area contributed by atoms with Gasteiger partial charge in [-0.3, -0.25) is 19.6 Å². The van der Waals surface area contributed by atoms with E-state index in [1.807, 2.05) is 20.8 Å². The largest absolute Gasteiger partial charge is 0.296 e. The Hall–Kier alpha value is -2.48. The first-order chi connectivity index (χ1) is 10.9. The molecule has 23 heavy (non-hydrogen) atoms. The zero-order valence-corrected chi connectivity index (χ0v) is 14.2. The monoisotopic (exact) mass is 331 g/mol. The van der Waals surface area contributed by atoms with E-state index in [4.69, 9.17) is 0 Å². The van der Waals surface area contributed by atoms with Crippen molar-refractivity contribution in [1.29, 1.82) is 0 Å². The molecule has 0 saturated carbocycles. The Balaban J connectivity index is 2.06. The third-order valence-electron chi connectivity index (χ3n) is 3.62. The van der Waals surface area contributed by atoms with E-state index < -0.39 is 0 Å². The van der Waals surface area contributed by atoms with Gasteiger partial charge >= 0.3 is 0 Å². The lowest BCUT2D eigenvalue weighted by molar-refractivity contribution is 0.101. The Bertz CT molecular complexity index is 947. The maximum Gasteiger partial charge on any atom is 0.275 e. The van der Waals surface area contributed by atoms with Gasteiger partial charge in [0, 0.05) is 29.2 Å². The molecule has 0 spiro atoms. The van der Waals surface area contributed by atoms with Crippen molar-refractivity contribution in [2.45, 2.75) is 34.2 Å². The summed E-state index contributed by atoms with van der Waals surface area (Å²) in [6.07, 6.45) is 0. The van der Waals surface area contributed by atoms with E-state index in [0.29, 0.717) is 28.7 Å². The van der Waals surface area contributed by atoms with Gasteiger partial charge in [-0.15, -0.1) is 11.3 Å². The molecule has 0 bridgehead atoms. The number of carbonyl (C=O) groups excluding carboxylic acids is 1. The van der Waals surface area contributed by atoms with Crippen LogP contribution in [0.25, 0.3) is 5.65 Å². The number of nitrogens with zero attached hydrogens (tertiary/aromatic N) is 4. The maximum absolute atomic E-state index is 12.6. The molecule has 0 aliphatic rings. The number of nitrogens with one attached hydrogen (secondary N) is 1. The number of fused-ring (bicyclic) bond motifs is 1. The summed E-state index contributed by atoms with van der Waals surface area (Å²) in [5, 5.41) is 3.34. The summed E-state index contributed by atoms with van der Waals surface area (Å²) in [6.45, 7) is 7.97. The highest BCUT2D eigenvalue weighted by Gasteiger charge is 2.18. The molecule has 0 aliphatic carbocycles. The van der Waals surface area contributed by atoms with Crippen molar-refractivity contribution in [3.63, 3.8) is 0 Å². The second-order valence-electron chi connectivity index (χ2n) is 5.27. The van der Waals surface area contributed by atoms with Crippen LogP contribution < -0.4 is 10.9 Å². The molecule has 3 aromatic rings. The van der Waals surface area contributed by atoms with Crippen LogP contribution >= 0.6 is 11.3 Å². The smallest absolute Gasteiger partial charge is 0.275 e. The third kappa shape index (κ3) is 2.65. The number of thiazole rings is 1. The molecule has 0 fully saturated rings. The van der Waals surface area contributed by atoms with E-state index in [2.05, 4.69) is 15.3 Å². The molecule has 3 rings (SSSR count). The lowest BCUT2D eigenvalue weighted by atomic mass is 10.4. The summed E-state index contributed by atoms with van der Waals surface area (Å²) in [5.41, 5.74) is 2.17. The topological polar surface area (TPSA) is 81.3 Å². The molecule has 0 atom stereocenters. The van der Waals surface area contributed by atoms with Gasteiger partial charge in [0.2, 0.25) is 0 Å². The van der Waals surface area contributed by atoms with Crippen molar-refractivity contribution >= 4 is 28.0 Å². The fourth-order valence-corrected chi connectivity index (χ4v) is 3.25. The van der Waals surface area contributed by atoms with Crippen LogP contribution in [0.1, 0.15) is 33.7 Å². The summed E-state index contributed by atoms with van der Waals surface area (Å²) in [6, 6.07) is 3.08. The van der Waals surface area contributed by atoms with Gasteiger partial charge in [-0.05, 0) is 27.7 Å². The molecule has 1 amide bonds. The van der Waals surface area contributed by atoms with Crippen LogP contribution in [0.2, 0.25) is 0 Å². The molecular formula is C15H17N5O2S. The van der Waals surface area contributed by atoms with Crippen LogP contribution in [0.4, 0.5) is 5.13 Å². The fraction of sp³-hybridized carbons (Fsp3) is 0.333. The zero-order chi connectivity index (χ0) is 16.7. The maximum atomic E-state index is 12.6. The molecule has 0 aliphatic heterocycles. The van der Waals surface area contributed by atoms with Crippen LogP contribution in [0.3, 0.4) is 0 Å². The second kappa shape index (κ2) is 5.62. The lowest BCUT2D eigenvalue weighted by Crippen LogP contribution is -2.24. The normalized spacial score (nSPS) is 11.1. The fourth-order valence-electron chi connectivity index (χ4n) is 2.44. The molecule has 3 aromatic heterocycles. The van der Waals surface area contributed by atoms with Gasteiger partial charge in [-0.2, -0.15) is 4.52 Å². The number of carbonyl (C=O) groups is 1. The van der Waals surface area contributed by atoms with Crippen LogP contribution in [0.5, 0.6) is 0 Å². The SMILES string of the molecule is CCn1c(C(=O)Nc2nc(C)c(C)s2)cc2nc(C)cc(=O)n21. The van der Waals surface area contributed by atoms with E-state index in [0.717, 1.165) is 10.6 Å². The average molecular weight is 331 g/mol. The van der Waals surface area contributed by atoms with E-state index in [1.54, 1.807) is 17.7 Å². The number of aromatic nitrogens is 4. The Kier molecular flexibility index (Phi) is 3.77. The van der Waals surface area contributed by atoms with Crippen LogP contribution in [-0.2, 0) is 6.54 Å². The van der Waals surface area contributed by atoms with Crippen molar-refractivity contribution in [2.75, 3.05) is 5.32 Å². The number of hydrogen-bond acceptors (Lipinski definition) is 5. The minimum absolute atomic E-state index is 0.200. The Morgan fingerprint density at radius 1 is 1.26 bits per heavy atom. The molecular weight excluding hydrogens is 314 g/mol. The molecule has 0 unspecified atom stereocenters. The first-order valence-electron chi connectivity index (χ1n) is 7.26. The first kappa shape index (κ1) is 15.4. The summed E-state index contributed by atoms with van der Waals surface area (Å²) in [5.74, 6) is -0.303. The van der Waals surface area contributed by atoms with Crippen molar-refractivity contribution in [3.05, 3.63) is 44.4 Å². The Morgan fingerprint density at radius 2 is 2.00 bits per heavy atom. The first-order valence-corrected chi connectivity index (χ1v) is 8.08. The van der Waals surface area contributed by atoms with Crippen molar-refractivity contribution in [2.24, 2.45) is 0 Å². The van der Waals surface area contributed by atoms with E-state index in [9.17, 15) is 9.59 Å². The number of amides is 1.